The molecule has 7 heteroatoms. The highest BCUT2D eigenvalue weighted by Crippen LogP contribution is 2.29. The zero-order valence-electron chi connectivity index (χ0n) is 17.5. The first-order valence-electron chi connectivity index (χ1n) is 9.76. The van der Waals surface area contributed by atoms with Gasteiger partial charge in [0, 0.05) is 30.0 Å². The molecule has 0 bridgehead atoms. The summed E-state index contributed by atoms with van der Waals surface area (Å²) in [5, 5.41) is 9.53. The fourth-order valence-corrected chi connectivity index (χ4v) is 4.26. The Morgan fingerprint density at radius 3 is 2.41 bits per heavy atom. The standard InChI is InChI=1S/C22H27N5OS/c1-15(2)26(16(3)4)20(28)14-29-22-25-24-21(18-10-8-12-23-13-18)27(22)19-11-7-6-9-17(19)5/h6-13,15-16H,14H2,1-5H3. The van der Waals surface area contributed by atoms with Crippen LogP contribution < -0.4 is 0 Å². The fourth-order valence-electron chi connectivity index (χ4n) is 3.45. The van der Waals surface area contributed by atoms with E-state index >= 15 is 0 Å². The van der Waals surface area contributed by atoms with Crippen molar-refractivity contribution in [3.8, 4) is 17.1 Å². The molecule has 1 amide bonds. The fraction of sp³-hybridized carbons (Fsp3) is 0.364. The van der Waals surface area contributed by atoms with Crippen molar-refractivity contribution in [1.82, 2.24) is 24.6 Å². The molecule has 3 aromatic rings. The van der Waals surface area contributed by atoms with Gasteiger partial charge in [0.15, 0.2) is 11.0 Å². The van der Waals surface area contributed by atoms with Crippen LogP contribution in [0.5, 0.6) is 0 Å². The molecule has 1 aromatic carbocycles. The predicted molar refractivity (Wildman–Crippen MR) is 117 cm³/mol. The summed E-state index contributed by atoms with van der Waals surface area (Å²) in [6, 6.07) is 12.3. The Balaban J connectivity index is 1.97. The second kappa shape index (κ2) is 9.22. The van der Waals surface area contributed by atoms with Crippen molar-refractivity contribution in [1.29, 1.82) is 0 Å². The molecule has 29 heavy (non-hydrogen) atoms. The molecule has 0 aliphatic heterocycles. The first kappa shape index (κ1) is 21.0. The minimum Gasteiger partial charge on any atom is -0.337 e. The second-order valence-corrected chi connectivity index (χ2v) is 8.39. The number of carbonyl (C=O) groups is 1. The number of hydrogen-bond donors (Lipinski definition) is 0. The first-order chi connectivity index (χ1) is 13.9. The lowest BCUT2D eigenvalue weighted by molar-refractivity contribution is -0.131. The van der Waals surface area contributed by atoms with Crippen LogP contribution in [0.15, 0.2) is 53.9 Å². The first-order valence-corrected chi connectivity index (χ1v) is 10.7. The smallest absolute Gasteiger partial charge is 0.233 e. The molecule has 0 saturated carbocycles. The molecule has 6 nitrogen and oxygen atoms in total. The van der Waals surface area contributed by atoms with Crippen LogP contribution in [0.4, 0.5) is 0 Å². The molecule has 0 N–H and O–H groups in total. The zero-order chi connectivity index (χ0) is 21.0. The SMILES string of the molecule is Cc1ccccc1-n1c(SCC(=O)N(C(C)C)C(C)C)nnc1-c1cccnc1. The van der Waals surface area contributed by atoms with Crippen LogP contribution in [0, 0.1) is 6.92 Å². The van der Waals surface area contributed by atoms with Gasteiger partial charge in [-0.05, 0) is 58.4 Å². The van der Waals surface area contributed by atoms with Crippen LogP contribution in [0.25, 0.3) is 17.1 Å². The predicted octanol–water partition coefficient (Wildman–Crippen LogP) is 4.38. The summed E-state index contributed by atoms with van der Waals surface area (Å²) in [6.45, 7) is 10.2. The number of amides is 1. The molecule has 0 saturated heterocycles. The molecule has 0 unspecified atom stereocenters. The van der Waals surface area contributed by atoms with Crippen LogP contribution in [0.2, 0.25) is 0 Å². The minimum atomic E-state index is 0.0993. The van der Waals surface area contributed by atoms with E-state index in [-0.39, 0.29) is 18.0 Å². The summed E-state index contributed by atoms with van der Waals surface area (Å²) in [7, 11) is 0. The van der Waals surface area contributed by atoms with E-state index < -0.39 is 0 Å². The van der Waals surface area contributed by atoms with Gasteiger partial charge in [-0.25, -0.2) is 0 Å². The van der Waals surface area contributed by atoms with Gasteiger partial charge in [-0.1, -0.05) is 30.0 Å². The third-order valence-electron chi connectivity index (χ3n) is 4.63. The number of carbonyl (C=O) groups excluding carboxylic acids is 1. The third-order valence-corrected chi connectivity index (χ3v) is 5.55. The molecule has 0 radical (unpaired) electrons. The molecular weight excluding hydrogens is 382 g/mol. The van der Waals surface area contributed by atoms with Crippen LogP contribution in [0.1, 0.15) is 33.3 Å². The van der Waals surface area contributed by atoms with Crippen LogP contribution >= 0.6 is 11.8 Å². The Morgan fingerprint density at radius 1 is 1.07 bits per heavy atom. The average Bonchev–Trinajstić information content (AvgIpc) is 3.10. The van der Waals surface area contributed by atoms with E-state index in [2.05, 4.69) is 28.2 Å². The number of nitrogens with zero attached hydrogens (tertiary/aromatic N) is 5. The number of benzene rings is 1. The maximum Gasteiger partial charge on any atom is 0.233 e. The highest BCUT2D eigenvalue weighted by Gasteiger charge is 2.23. The van der Waals surface area contributed by atoms with Crippen LogP contribution in [0.3, 0.4) is 0 Å². The Bertz CT molecular complexity index is 960. The lowest BCUT2D eigenvalue weighted by Crippen LogP contribution is -2.43. The van der Waals surface area contributed by atoms with E-state index in [1.807, 2.05) is 67.5 Å². The lowest BCUT2D eigenvalue weighted by atomic mass is 10.2. The molecule has 0 spiro atoms. The second-order valence-electron chi connectivity index (χ2n) is 7.45. The van der Waals surface area contributed by atoms with E-state index in [9.17, 15) is 4.79 Å². The lowest BCUT2D eigenvalue weighted by Gasteiger charge is -2.30. The van der Waals surface area contributed by atoms with E-state index in [0.29, 0.717) is 16.7 Å². The molecule has 3 rings (SSSR count). The Morgan fingerprint density at radius 2 is 1.79 bits per heavy atom. The van der Waals surface area contributed by atoms with Gasteiger partial charge in [-0.15, -0.1) is 10.2 Å². The van der Waals surface area contributed by atoms with Gasteiger partial charge in [0.25, 0.3) is 0 Å². The number of pyridine rings is 1. The quantitative estimate of drug-likeness (QED) is 0.542. The molecule has 0 aliphatic rings. The van der Waals surface area contributed by atoms with Crippen molar-refractivity contribution in [2.75, 3.05) is 5.75 Å². The Labute approximate surface area is 176 Å². The largest absolute Gasteiger partial charge is 0.337 e. The van der Waals surface area contributed by atoms with E-state index in [1.54, 1.807) is 12.4 Å². The summed E-state index contributed by atoms with van der Waals surface area (Å²) in [5.41, 5.74) is 2.99. The molecule has 0 atom stereocenters. The number of hydrogen-bond acceptors (Lipinski definition) is 5. The Hall–Kier alpha value is -2.67. The van der Waals surface area contributed by atoms with Gasteiger partial charge in [-0.3, -0.25) is 14.3 Å². The molecule has 2 aromatic heterocycles. The summed E-state index contributed by atoms with van der Waals surface area (Å²) < 4.78 is 2.01. The number of aromatic nitrogens is 4. The maximum absolute atomic E-state index is 12.8. The topological polar surface area (TPSA) is 63.9 Å². The monoisotopic (exact) mass is 409 g/mol. The van der Waals surface area contributed by atoms with Crippen LogP contribution in [-0.4, -0.2) is 48.4 Å². The minimum absolute atomic E-state index is 0.0993. The van der Waals surface area contributed by atoms with Crippen molar-refractivity contribution >= 4 is 17.7 Å². The summed E-state index contributed by atoms with van der Waals surface area (Å²) in [6.07, 6.45) is 3.51. The average molecular weight is 410 g/mol. The van der Waals surface area contributed by atoms with Crippen LogP contribution in [-0.2, 0) is 4.79 Å². The third kappa shape index (κ3) is 4.67. The van der Waals surface area contributed by atoms with Gasteiger partial charge in [0.2, 0.25) is 5.91 Å². The Kier molecular flexibility index (Phi) is 6.69. The molecular formula is C22H27N5OS. The summed E-state index contributed by atoms with van der Waals surface area (Å²) in [5.74, 6) is 1.13. The van der Waals surface area contributed by atoms with E-state index in [1.165, 1.54) is 11.8 Å². The van der Waals surface area contributed by atoms with Gasteiger partial charge in [0.1, 0.15) is 0 Å². The van der Waals surface area contributed by atoms with Gasteiger partial charge >= 0.3 is 0 Å². The van der Waals surface area contributed by atoms with Crippen molar-refractivity contribution in [2.24, 2.45) is 0 Å². The van der Waals surface area contributed by atoms with Crippen molar-refractivity contribution < 1.29 is 4.79 Å². The van der Waals surface area contributed by atoms with Crippen molar-refractivity contribution in [3.63, 3.8) is 0 Å². The highest BCUT2D eigenvalue weighted by atomic mass is 32.2. The molecule has 152 valence electrons. The maximum atomic E-state index is 12.8. The van der Waals surface area contributed by atoms with Crippen molar-refractivity contribution in [2.45, 2.75) is 51.9 Å². The van der Waals surface area contributed by atoms with Gasteiger partial charge in [0.05, 0.1) is 11.4 Å². The number of para-hydroxylation sites is 1. The molecule has 0 fully saturated rings. The molecule has 2 heterocycles. The van der Waals surface area contributed by atoms with Gasteiger partial charge < -0.3 is 4.90 Å². The number of rotatable bonds is 7. The zero-order valence-corrected chi connectivity index (χ0v) is 18.3. The number of thioether (sulfide) groups is 1. The van der Waals surface area contributed by atoms with E-state index in [0.717, 1.165) is 16.8 Å². The number of aryl methyl sites for hydroxylation is 1. The van der Waals surface area contributed by atoms with E-state index in [4.69, 9.17) is 0 Å². The summed E-state index contributed by atoms with van der Waals surface area (Å²) >= 11 is 1.42. The van der Waals surface area contributed by atoms with Crippen molar-refractivity contribution in [3.05, 3.63) is 54.4 Å². The molecule has 0 aliphatic carbocycles. The summed E-state index contributed by atoms with van der Waals surface area (Å²) in [4.78, 5) is 18.9. The normalized spacial score (nSPS) is 11.3. The highest BCUT2D eigenvalue weighted by molar-refractivity contribution is 7.99. The van der Waals surface area contributed by atoms with Gasteiger partial charge in [-0.2, -0.15) is 0 Å².